The smallest absolute Gasteiger partial charge is 0.311 e. The van der Waals surface area contributed by atoms with Crippen molar-refractivity contribution in [1.29, 1.82) is 0 Å². The van der Waals surface area contributed by atoms with Crippen LogP contribution in [0.1, 0.15) is 13.8 Å². The third-order valence-corrected chi connectivity index (χ3v) is 3.80. The standard InChI is InChI=1S/C17H16Cl2N2O5/c1-3-20-17(22)10(2)25-16-9-12(5-6-14(16)21(23)24)26-15-7-4-11(18)8-13(15)19/h4-10H,3H2,1-2H3,(H,20,22)/t10-/m1/s1. The van der Waals surface area contributed by atoms with Gasteiger partial charge in [0.25, 0.3) is 5.91 Å². The van der Waals surface area contributed by atoms with Gasteiger partial charge in [0.2, 0.25) is 5.75 Å². The van der Waals surface area contributed by atoms with Crippen molar-refractivity contribution in [2.24, 2.45) is 0 Å². The van der Waals surface area contributed by atoms with Crippen molar-refractivity contribution in [3.63, 3.8) is 0 Å². The van der Waals surface area contributed by atoms with Gasteiger partial charge in [-0.2, -0.15) is 0 Å². The van der Waals surface area contributed by atoms with Crippen molar-refractivity contribution in [3.8, 4) is 17.2 Å². The number of nitro benzene ring substituents is 1. The number of nitro groups is 1. The first-order valence-electron chi connectivity index (χ1n) is 7.67. The third kappa shape index (κ3) is 5.00. The van der Waals surface area contributed by atoms with E-state index in [2.05, 4.69) is 5.32 Å². The van der Waals surface area contributed by atoms with Gasteiger partial charge in [-0.15, -0.1) is 0 Å². The van der Waals surface area contributed by atoms with Gasteiger partial charge >= 0.3 is 5.69 Å². The first-order chi connectivity index (χ1) is 12.3. The maximum absolute atomic E-state index is 11.8. The lowest BCUT2D eigenvalue weighted by molar-refractivity contribution is -0.386. The molecule has 0 aliphatic heterocycles. The normalized spacial score (nSPS) is 11.5. The number of ether oxygens (including phenoxy) is 2. The molecule has 0 bridgehead atoms. The van der Waals surface area contributed by atoms with E-state index in [0.717, 1.165) is 0 Å². The number of likely N-dealkylation sites (N-methyl/N-ethyl adjacent to an activating group) is 1. The maximum atomic E-state index is 11.8. The molecule has 0 radical (unpaired) electrons. The van der Waals surface area contributed by atoms with E-state index in [-0.39, 0.29) is 28.1 Å². The first-order valence-corrected chi connectivity index (χ1v) is 8.43. The second kappa shape index (κ2) is 8.73. The minimum Gasteiger partial charge on any atom is -0.474 e. The van der Waals surface area contributed by atoms with E-state index >= 15 is 0 Å². The Morgan fingerprint density at radius 1 is 1.23 bits per heavy atom. The maximum Gasteiger partial charge on any atom is 0.311 e. The molecule has 0 spiro atoms. The van der Waals surface area contributed by atoms with Crippen LogP contribution in [-0.2, 0) is 4.79 Å². The van der Waals surface area contributed by atoms with Crippen LogP contribution in [0.25, 0.3) is 0 Å². The Labute approximate surface area is 160 Å². The SMILES string of the molecule is CCNC(=O)[C@@H](C)Oc1cc(Oc2ccc(Cl)cc2Cl)ccc1[N+](=O)[O-]. The van der Waals surface area contributed by atoms with Crippen molar-refractivity contribution in [2.75, 3.05) is 6.54 Å². The summed E-state index contributed by atoms with van der Waals surface area (Å²) in [6.07, 6.45) is -0.914. The Morgan fingerprint density at radius 2 is 1.96 bits per heavy atom. The summed E-state index contributed by atoms with van der Waals surface area (Å²) in [4.78, 5) is 22.4. The molecular weight excluding hydrogens is 383 g/mol. The minimum absolute atomic E-state index is 0.0867. The van der Waals surface area contributed by atoms with Gasteiger partial charge in [-0.1, -0.05) is 23.2 Å². The Hall–Kier alpha value is -2.51. The van der Waals surface area contributed by atoms with Crippen LogP contribution >= 0.6 is 23.2 Å². The Kier molecular flexibility index (Phi) is 6.65. The van der Waals surface area contributed by atoms with Gasteiger partial charge in [-0.25, -0.2) is 0 Å². The summed E-state index contributed by atoms with van der Waals surface area (Å²) in [6, 6.07) is 8.66. The first kappa shape index (κ1) is 19.8. The van der Waals surface area contributed by atoms with Crippen molar-refractivity contribution in [1.82, 2.24) is 5.32 Å². The zero-order valence-electron chi connectivity index (χ0n) is 14.0. The van der Waals surface area contributed by atoms with Gasteiger partial charge in [-0.3, -0.25) is 14.9 Å². The summed E-state index contributed by atoms with van der Waals surface area (Å²) in [7, 11) is 0. The van der Waals surface area contributed by atoms with Crippen LogP contribution in [0.4, 0.5) is 5.69 Å². The summed E-state index contributed by atoms with van der Waals surface area (Å²) in [6.45, 7) is 3.68. The molecule has 0 aromatic heterocycles. The lowest BCUT2D eigenvalue weighted by Gasteiger charge is -2.15. The number of carbonyl (C=O) groups is 1. The van der Waals surface area contributed by atoms with Gasteiger partial charge in [0, 0.05) is 23.7 Å². The summed E-state index contributed by atoms with van der Waals surface area (Å²) in [5.41, 5.74) is -0.282. The van der Waals surface area contributed by atoms with Crippen molar-refractivity contribution < 1.29 is 19.2 Å². The molecule has 0 saturated heterocycles. The Morgan fingerprint density at radius 3 is 2.58 bits per heavy atom. The summed E-state index contributed by atoms with van der Waals surface area (Å²) < 4.78 is 11.1. The van der Waals surface area contributed by atoms with E-state index in [9.17, 15) is 14.9 Å². The average Bonchev–Trinajstić information content (AvgIpc) is 2.57. The van der Waals surface area contributed by atoms with Crippen molar-refractivity contribution >= 4 is 34.8 Å². The van der Waals surface area contributed by atoms with Gasteiger partial charge < -0.3 is 14.8 Å². The lowest BCUT2D eigenvalue weighted by atomic mass is 10.2. The molecule has 1 N–H and O–H groups in total. The second-order valence-corrected chi connectivity index (χ2v) is 6.06. The highest BCUT2D eigenvalue weighted by molar-refractivity contribution is 6.35. The topological polar surface area (TPSA) is 90.7 Å². The Bertz CT molecular complexity index is 829. The number of hydrogen-bond acceptors (Lipinski definition) is 5. The van der Waals surface area contributed by atoms with Gasteiger partial charge in [-0.05, 0) is 38.1 Å². The van der Waals surface area contributed by atoms with E-state index in [1.54, 1.807) is 19.1 Å². The van der Waals surface area contributed by atoms with Gasteiger partial charge in [0.1, 0.15) is 11.5 Å². The highest BCUT2D eigenvalue weighted by atomic mass is 35.5. The van der Waals surface area contributed by atoms with Crippen LogP contribution in [-0.4, -0.2) is 23.5 Å². The highest BCUT2D eigenvalue weighted by Crippen LogP contribution is 2.36. The molecule has 0 fully saturated rings. The quantitative estimate of drug-likeness (QED) is 0.543. The molecule has 1 amide bonds. The summed E-state index contributed by atoms with van der Waals surface area (Å²) in [5.74, 6) is 0.121. The summed E-state index contributed by atoms with van der Waals surface area (Å²) in [5, 5.41) is 14.5. The van der Waals surface area contributed by atoms with Crippen molar-refractivity contribution in [2.45, 2.75) is 20.0 Å². The molecule has 138 valence electrons. The van der Waals surface area contributed by atoms with E-state index in [1.807, 2.05) is 0 Å². The molecule has 2 rings (SSSR count). The van der Waals surface area contributed by atoms with Crippen LogP contribution in [0, 0.1) is 10.1 Å². The third-order valence-electron chi connectivity index (χ3n) is 3.27. The molecule has 2 aromatic carbocycles. The van der Waals surface area contributed by atoms with Crippen LogP contribution in [0.2, 0.25) is 10.0 Å². The van der Waals surface area contributed by atoms with Crippen molar-refractivity contribution in [3.05, 3.63) is 56.6 Å². The number of nitrogens with one attached hydrogen (secondary N) is 1. The van der Waals surface area contributed by atoms with E-state index < -0.39 is 11.0 Å². The molecule has 2 aromatic rings. The number of rotatable bonds is 7. The van der Waals surface area contributed by atoms with Crippen LogP contribution in [0.3, 0.4) is 0 Å². The van der Waals surface area contributed by atoms with Crippen LogP contribution in [0.5, 0.6) is 17.2 Å². The largest absolute Gasteiger partial charge is 0.474 e. The number of carbonyl (C=O) groups excluding carboxylic acids is 1. The Balaban J connectivity index is 2.29. The minimum atomic E-state index is -0.914. The van der Waals surface area contributed by atoms with Gasteiger partial charge in [0.15, 0.2) is 6.10 Å². The number of amides is 1. The number of benzene rings is 2. The molecule has 0 saturated carbocycles. The van der Waals surface area contributed by atoms with Crippen LogP contribution in [0.15, 0.2) is 36.4 Å². The fourth-order valence-corrected chi connectivity index (χ4v) is 2.50. The molecule has 1 atom stereocenters. The molecule has 7 nitrogen and oxygen atoms in total. The molecular formula is C17H16Cl2N2O5. The number of nitrogens with zero attached hydrogens (tertiary/aromatic N) is 1. The number of halogens is 2. The second-order valence-electron chi connectivity index (χ2n) is 5.22. The summed E-state index contributed by atoms with van der Waals surface area (Å²) >= 11 is 11.9. The fourth-order valence-electron chi connectivity index (χ4n) is 2.05. The molecule has 26 heavy (non-hydrogen) atoms. The molecule has 0 aliphatic rings. The van der Waals surface area contributed by atoms with E-state index in [4.69, 9.17) is 32.7 Å². The molecule has 9 heteroatoms. The highest BCUT2D eigenvalue weighted by Gasteiger charge is 2.22. The van der Waals surface area contributed by atoms with Gasteiger partial charge in [0.05, 0.1) is 9.95 Å². The lowest BCUT2D eigenvalue weighted by Crippen LogP contribution is -2.36. The predicted molar refractivity (Wildman–Crippen MR) is 98.4 cm³/mol. The van der Waals surface area contributed by atoms with Crippen LogP contribution < -0.4 is 14.8 Å². The molecule has 0 heterocycles. The zero-order valence-corrected chi connectivity index (χ0v) is 15.5. The number of hydrogen-bond donors (Lipinski definition) is 1. The van der Waals surface area contributed by atoms with E-state index in [0.29, 0.717) is 17.3 Å². The predicted octanol–water partition coefficient (Wildman–Crippen LogP) is 4.60. The average molecular weight is 399 g/mol. The molecule has 0 aliphatic carbocycles. The fraction of sp³-hybridized carbons (Fsp3) is 0.235. The zero-order chi connectivity index (χ0) is 19.3. The molecule has 0 unspecified atom stereocenters. The monoisotopic (exact) mass is 398 g/mol. The van der Waals surface area contributed by atoms with E-state index in [1.165, 1.54) is 31.2 Å².